The van der Waals surface area contributed by atoms with Crippen LogP contribution in [0.1, 0.15) is 29.3 Å². The van der Waals surface area contributed by atoms with Crippen molar-refractivity contribution in [3.05, 3.63) is 90.0 Å². The topological polar surface area (TPSA) is 49.9 Å². The molecule has 1 aliphatic heterocycles. The fraction of sp³-hybridized carbons (Fsp3) is 0.286. The molecule has 2 amide bonds. The SMILES string of the molecule is CCOc1ccc(CC(=O)N2CCCN(C(=O)c3ccc(-c4ccccc4)cc3)CC2)cc1. The molecule has 0 spiro atoms. The van der Waals surface area contributed by atoms with Crippen LogP contribution in [-0.2, 0) is 11.2 Å². The molecule has 0 N–H and O–H groups in total. The number of benzene rings is 3. The molecule has 0 bridgehead atoms. The third-order valence-electron chi connectivity index (χ3n) is 5.96. The zero-order valence-corrected chi connectivity index (χ0v) is 19.1. The summed E-state index contributed by atoms with van der Waals surface area (Å²) in [4.78, 5) is 29.6. The quantitative estimate of drug-likeness (QED) is 0.557. The lowest BCUT2D eigenvalue weighted by molar-refractivity contribution is -0.130. The average Bonchev–Trinajstić information content (AvgIpc) is 3.12. The minimum absolute atomic E-state index is 0.0235. The van der Waals surface area contributed by atoms with Crippen molar-refractivity contribution < 1.29 is 14.3 Å². The van der Waals surface area contributed by atoms with E-state index in [1.54, 1.807) is 0 Å². The molecule has 170 valence electrons. The highest BCUT2D eigenvalue weighted by Crippen LogP contribution is 2.20. The Morgan fingerprint density at radius 1 is 0.758 bits per heavy atom. The molecule has 1 heterocycles. The van der Waals surface area contributed by atoms with Crippen molar-refractivity contribution in [2.24, 2.45) is 0 Å². The number of hydrogen-bond donors (Lipinski definition) is 0. The van der Waals surface area contributed by atoms with E-state index in [-0.39, 0.29) is 11.8 Å². The van der Waals surface area contributed by atoms with Gasteiger partial charge in [0.2, 0.25) is 5.91 Å². The standard InChI is InChI=1S/C28H30N2O3/c1-2-33-26-15-9-22(10-16-26)21-27(31)29-17-6-18-30(20-19-29)28(32)25-13-11-24(12-14-25)23-7-4-3-5-8-23/h3-5,7-16H,2,6,17-21H2,1H3. The second kappa shape index (κ2) is 10.8. The molecule has 1 aliphatic rings. The molecular weight excluding hydrogens is 412 g/mol. The number of rotatable bonds is 6. The summed E-state index contributed by atoms with van der Waals surface area (Å²) >= 11 is 0. The molecule has 3 aromatic rings. The highest BCUT2D eigenvalue weighted by Gasteiger charge is 2.23. The molecule has 0 aliphatic carbocycles. The fourth-order valence-electron chi connectivity index (χ4n) is 4.15. The first kappa shape index (κ1) is 22.6. The number of amides is 2. The van der Waals surface area contributed by atoms with E-state index < -0.39 is 0 Å². The predicted octanol–water partition coefficient (Wildman–Crippen LogP) is 4.67. The van der Waals surface area contributed by atoms with Gasteiger partial charge in [0.05, 0.1) is 13.0 Å². The third-order valence-corrected chi connectivity index (χ3v) is 5.96. The van der Waals surface area contributed by atoms with Crippen molar-refractivity contribution in [1.82, 2.24) is 9.80 Å². The molecule has 33 heavy (non-hydrogen) atoms. The van der Waals surface area contributed by atoms with Gasteiger partial charge in [-0.15, -0.1) is 0 Å². The van der Waals surface area contributed by atoms with E-state index in [9.17, 15) is 9.59 Å². The lowest BCUT2D eigenvalue weighted by atomic mass is 10.0. The van der Waals surface area contributed by atoms with Crippen LogP contribution in [0.5, 0.6) is 5.75 Å². The predicted molar refractivity (Wildman–Crippen MR) is 130 cm³/mol. The van der Waals surface area contributed by atoms with Crippen LogP contribution in [-0.4, -0.2) is 54.4 Å². The van der Waals surface area contributed by atoms with E-state index in [0.29, 0.717) is 44.8 Å². The van der Waals surface area contributed by atoms with Gasteiger partial charge in [-0.05, 0) is 54.3 Å². The summed E-state index contributed by atoms with van der Waals surface area (Å²) in [5, 5.41) is 0. The molecule has 1 saturated heterocycles. The Hall–Kier alpha value is -3.60. The lowest BCUT2D eigenvalue weighted by Gasteiger charge is -2.22. The number of nitrogens with zero attached hydrogens (tertiary/aromatic N) is 2. The van der Waals surface area contributed by atoms with Gasteiger partial charge in [-0.1, -0.05) is 54.6 Å². The van der Waals surface area contributed by atoms with Crippen LogP contribution >= 0.6 is 0 Å². The number of ether oxygens (including phenoxy) is 1. The van der Waals surface area contributed by atoms with Gasteiger partial charge in [-0.25, -0.2) is 0 Å². The van der Waals surface area contributed by atoms with Crippen molar-refractivity contribution in [3.8, 4) is 16.9 Å². The molecule has 0 atom stereocenters. The first-order valence-corrected chi connectivity index (χ1v) is 11.6. The van der Waals surface area contributed by atoms with Crippen LogP contribution in [0.4, 0.5) is 0 Å². The van der Waals surface area contributed by atoms with Gasteiger partial charge in [-0.2, -0.15) is 0 Å². The second-order valence-electron chi connectivity index (χ2n) is 8.22. The zero-order valence-electron chi connectivity index (χ0n) is 19.1. The maximum Gasteiger partial charge on any atom is 0.253 e. The molecule has 0 radical (unpaired) electrons. The van der Waals surface area contributed by atoms with Crippen LogP contribution in [0.2, 0.25) is 0 Å². The van der Waals surface area contributed by atoms with Crippen molar-refractivity contribution >= 4 is 11.8 Å². The molecule has 0 unspecified atom stereocenters. The van der Waals surface area contributed by atoms with Crippen molar-refractivity contribution in [2.75, 3.05) is 32.8 Å². The highest BCUT2D eigenvalue weighted by molar-refractivity contribution is 5.94. The van der Waals surface area contributed by atoms with E-state index in [1.165, 1.54) is 0 Å². The first-order chi connectivity index (χ1) is 16.1. The van der Waals surface area contributed by atoms with E-state index >= 15 is 0 Å². The Bertz CT molecular complexity index is 1060. The summed E-state index contributed by atoms with van der Waals surface area (Å²) in [7, 11) is 0. The fourth-order valence-corrected chi connectivity index (χ4v) is 4.15. The summed E-state index contributed by atoms with van der Waals surface area (Å²) in [5.41, 5.74) is 3.88. The van der Waals surface area contributed by atoms with Gasteiger partial charge in [0.1, 0.15) is 5.75 Å². The smallest absolute Gasteiger partial charge is 0.253 e. The number of hydrogen-bond acceptors (Lipinski definition) is 3. The summed E-state index contributed by atoms with van der Waals surface area (Å²) < 4.78 is 5.47. The molecule has 1 fully saturated rings. The molecule has 0 saturated carbocycles. The average molecular weight is 443 g/mol. The molecular formula is C28H30N2O3. The van der Waals surface area contributed by atoms with Crippen LogP contribution < -0.4 is 4.74 Å². The van der Waals surface area contributed by atoms with Crippen molar-refractivity contribution in [3.63, 3.8) is 0 Å². The van der Waals surface area contributed by atoms with E-state index in [2.05, 4.69) is 12.1 Å². The minimum Gasteiger partial charge on any atom is -0.494 e. The van der Waals surface area contributed by atoms with E-state index in [1.807, 2.05) is 83.5 Å². The molecule has 3 aromatic carbocycles. The van der Waals surface area contributed by atoms with E-state index in [0.717, 1.165) is 28.9 Å². The maximum absolute atomic E-state index is 13.1. The molecule has 4 rings (SSSR count). The van der Waals surface area contributed by atoms with E-state index in [4.69, 9.17) is 4.74 Å². The zero-order chi connectivity index (χ0) is 23.0. The van der Waals surface area contributed by atoms with Crippen LogP contribution in [0.25, 0.3) is 11.1 Å². The largest absolute Gasteiger partial charge is 0.494 e. The minimum atomic E-state index is 0.0235. The summed E-state index contributed by atoms with van der Waals surface area (Å²) in [6, 6.07) is 25.6. The third kappa shape index (κ3) is 5.80. The highest BCUT2D eigenvalue weighted by atomic mass is 16.5. The Labute approximate surface area is 195 Å². The number of carbonyl (C=O) groups excluding carboxylic acids is 2. The van der Waals surface area contributed by atoms with Gasteiger partial charge in [0, 0.05) is 31.7 Å². The number of carbonyl (C=O) groups is 2. The molecule has 5 heteroatoms. The Morgan fingerprint density at radius 3 is 2.09 bits per heavy atom. The first-order valence-electron chi connectivity index (χ1n) is 11.6. The van der Waals surface area contributed by atoms with Crippen molar-refractivity contribution in [2.45, 2.75) is 19.8 Å². The van der Waals surface area contributed by atoms with Gasteiger partial charge < -0.3 is 14.5 Å². The Morgan fingerprint density at radius 2 is 1.39 bits per heavy atom. The Kier molecular flexibility index (Phi) is 7.40. The molecule has 5 nitrogen and oxygen atoms in total. The summed E-state index contributed by atoms with van der Waals surface area (Å²) in [6.45, 7) is 5.01. The van der Waals surface area contributed by atoms with Crippen LogP contribution in [0, 0.1) is 0 Å². The van der Waals surface area contributed by atoms with Crippen molar-refractivity contribution in [1.29, 1.82) is 0 Å². The summed E-state index contributed by atoms with van der Waals surface area (Å²) in [5.74, 6) is 0.936. The van der Waals surface area contributed by atoms with Gasteiger partial charge >= 0.3 is 0 Å². The summed E-state index contributed by atoms with van der Waals surface area (Å²) in [6.07, 6.45) is 1.14. The maximum atomic E-state index is 13.1. The van der Waals surface area contributed by atoms with Crippen LogP contribution in [0.15, 0.2) is 78.9 Å². The van der Waals surface area contributed by atoms with Gasteiger partial charge in [0.25, 0.3) is 5.91 Å². The van der Waals surface area contributed by atoms with Crippen LogP contribution in [0.3, 0.4) is 0 Å². The Balaban J connectivity index is 1.33. The second-order valence-corrected chi connectivity index (χ2v) is 8.22. The monoisotopic (exact) mass is 442 g/mol. The molecule has 0 aromatic heterocycles. The van der Waals surface area contributed by atoms with Gasteiger partial charge in [0.15, 0.2) is 0 Å². The normalized spacial score (nSPS) is 14.0. The lowest BCUT2D eigenvalue weighted by Crippen LogP contribution is -2.38. The van der Waals surface area contributed by atoms with Gasteiger partial charge in [-0.3, -0.25) is 9.59 Å².